The quantitative estimate of drug-likeness (QED) is 0.197. The number of nitriles is 1. The molecule has 222 valence electrons. The summed E-state index contributed by atoms with van der Waals surface area (Å²) in [6.07, 6.45) is -3.56. The van der Waals surface area contributed by atoms with Gasteiger partial charge in [0.1, 0.15) is 24.4 Å². The van der Waals surface area contributed by atoms with Gasteiger partial charge in [0.05, 0.1) is 45.5 Å². The molecule has 0 aromatic heterocycles. The monoisotopic (exact) mass is 579 g/mol. The van der Waals surface area contributed by atoms with Crippen LogP contribution in [0.4, 0.5) is 0 Å². The van der Waals surface area contributed by atoms with Crippen molar-refractivity contribution in [3.05, 3.63) is 144 Å². The number of benzene rings is 4. The minimum Gasteiger partial charge on any atom is -0.374 e. The highest BCUT2D eigenvalue weighted by Gasteiger charge is 2.56. The van der Waals surface area contributed by atoms with E-state index in [0.29, 0.717) is 6.61 Å². The largest absolute Gasteiger partial charge is 0.374 e. The van der Waals surface area contributed by atoms with E-state index in [-0.39, 0.29) is 32.8 Å². The van der Waals surface area contributed by atoms with E-state index in [2.05, 4.69) is 6.07 Å². The smallest absolute Gasteiger partial charge is 0.208 e. The van der Waals surface area contributed by atoms with Gasteiger partial charge in [-0.05, 0) is 22.3 Å². The van der Waals surface area contributed by atoms with Gasteiger partial charge in [-0.1, -0.05) is 121 Å². The fourth-order valence-electron chi connectivity index (χ4n) is 5.19. The van der Waals surface area contributed by atoms with Crippen molar-refractivity contribution < 1.29 is 28.8 Å². The minimum atomic E-state index is -1.96. The van der Waals surface area contributed by atoms with Gasteiger partial charge in [0.25, 0.3) is 0 Å². The second kappa shape index (κ2) is 15.6. The van der Waals surface area contributed by atoms with Gasteiger partial charge < -0.3 is 28.8 Å². The molecule has 1 fully saturated rings. The number of hydrogen-bond donors (Lipinski definition) is 1. The standard InChI is InChI=1S/C36H37NO6/c37-22-21-36(38)35(42-26-31-19-11-4-12-20-31)34(41-25-30-17-9-3-10-18-30)33(40-24-29-15-7-2-8-16-29)32(43-36)27-39-23-28-13-5-1-6-14-28/h1-20,32-35,38H,21,23-27H2/t32-,33-,34+,35-,36+/m1/s1. The average molecular weight is 580 g/mol. The molecular formula is C36H37NO6. The number of hydrogen-bond acceptors (Lipinski definition) is 7. The van der Waals surface area contributed by atoms with Gasteiger partial charge in [0.15, 0.2) is 0 Å². The Kier molecular flexibility index (Phi) is 11.1. The molecule has 1 saturated heterocycles. The molecular weight excluding hydrogens is 542 g/mol. The third-order valence-corrected chi connectivity index (χ3v) is 7.36. The van der Waals surface area contributed by atoms with Crippen molar-refractivity contribution in [2.75, 3.05) is 6.61 Å². The maximum Gasteiger partial charge on any atom is 0.208 e. The van der Waals surface area contributed by atoms with E-state index in [1.165, 1.54) is 0 Å². The van der Waals surface area contributed by atoms with Crippen molar-refractivity contribution in [3.8, 4) is 6.07 Å². The zero-order valence-corrected chi connectivity index (χ0v) is 24.0. The summed E-state index contributed by atoms with van der Waals surface area (Å²) in [6.45, 7) is 1.19. The maximum atomic E-state index is 11.9. The second-order valence-electron chi connectivity index (χ2n) is 10.6. The van der Waals surface area contributed by atoms with Crippen LogP contribution in [0, 0.1) is 11.3 Å². The van der Waals surface area contributed by atoms with Crippen LogP contribution in [0.1, 0.15) is 28.7 Å². The average Bonchev–Trinajstić information content (AvgIpc) is 3.05. The Hall–Kier alpha value is -3.87. The topological polar surface area (TPSA) is 90.2 Å². The van der Waals surface area contributed by atoms with Gasteiger partial charge in [0.2, 0.25) is 5.79 Å². The van der Waals surface area contributed by atoms with Gasteiger partial charge >= 0.3 is 0 Å². The molecule has 0 unspecified atom stereocenters. The van der Waals surface area contributed by atoms with Crippen LogP contribution in [0.2, 0.25) is 0 Å². The Labute approximate surface area is 253 Å². The minimum absolute atomic E-state index is 0.110. The van der Waals surface area contributed by atoms with Crippen molar-refractivity contribution in [3.63, 3.8) is 0 Å². The second-order valence-corrected chi connectivity index (χ2v) is 10.6. The van der Waals surface area contributed by atoms with Crippen molar-refractivity contribution >= 4 is 0 Å². The van der Waals surface area contributed by atoms with Crippen molar-refractivity contribution in [1.29, 1.82) is 5.26 Å². The molecule has 0 radical (unpaired) electrons. The molecule has 5 atom stereocenters. The summed E-state index contributed by atoms with van der Waals surface area (Å²) >= 11 is 0. The van der Waals surface area contributed by atoms with Crippen LogP contribution in [-0.4, -0.2) is 41.9 Å². The Morgan fingerprint density at radius 3 is 1.49 bits per heavy atom. The van der Waals surface area contributed by atoms with Gasteiger partial charge in [-0.25, -0.2) is 0 Å². The van der Waals surface area contributed by atoms with Crippen molar-refractivity contribution in [2.24, 2.45) is 0 Å². The number of ether oxygens (including phenoxy) is 5. The Balaban J connectivity index is 1.44. The third-order valence-electron chi connectivity index (χ3n) is 7.36. The first-order valence-corrected chi connectivity index (χ1v) is 14.5. The summed E-state index contributed by atoms with van der Waals surface area (Å²) in [7, 11) is 0. The molecule has 0 bridgehead atoms. The zero-order chi connectivity index (χ0) is 29.7. The first-order chi connectivity index (χ1) is 21.1. The van der Waals surface area contributed by atoms with Crippen LogP contribution in [0.3, 0.4) is 0 Å². The van der Waals surface area contributed by atoms with E-state index in [9.17, 15) is 10.4 Å². The van der Waals surface area contributed by atoms with E-state index in [1.54, 1.807) is 0 Å². The van der Waals surface area contributed by atoms with E-state index in [1.807, 2.05) is 121 Å². The zero-order valence-electron chi connectivity index (χ0n) is 24.0. The molecule has 1 heterocycles. The van der Waals surface area contributed by atoms with Crippen LogP contribution in [0.25, 0.3) is 0 Å². The summed E-state index contributed by atoms with van der Waals surface area (Å²) in [5, 5.41) is 21.7. The van der Waals surface area contributed by atoms with Gasteiger partial charge in [-0.15, -0.1) is 0 Å². The lowest BCUT2D eigenvalue weighted by Crippen LogP contribution is -2.67. The molecule has 7 nitrogen and oxygen atoms in total. The molecule has 1 aliphatic heterocycles. The maximum absolute atomic E-state index is 11.9. The lowest BCUT2D eigenvalue weighted by Gasteiger charge is -2.49. The summed E-state index contributed by atoms with van der Waals surface area (Å²) < 4.78 is 31.9. The van der Waals surface area contributed by atoms with Crippen LogP contribution >= 0.6 is 0 Å². The summed E-state index contributed by atoms with van der Waals surface area (Å²) in [5.74, 6) is -1.96. The first kappa shape index (κ1) is 30.6. The summed E-state index contributed by atoms with van der Waals surface area (Å²) in [4.78, 5) is 0. The molecule has 0 spiro atoms. The molecule has 4 aromatic rings. The Morgan fingerprint density at radius 2 is 1.02 bits per heavy atom. The molecule has 0 saturated carbocycles. The van der Waals surface area contributed by atoms with Crippen LogP contribution in [0.5, 0.6) is 0 Å². The molecule has 0 amide bonds. The molecule has 5 rings (SSSR count). The lowest BCUT2D eigenvalue weighted by molar-refractivity contribution is -0.368. The fraction of sp³-hybridized carbons (Fsp3) is 0.306. The molecule has 4 aromatic carbocycles. The molecule has 1 N–H and O–H groups in total. The van der Waals surface area contributed by atoms with E-state index >= 15 is 0 Å². The van der Waals surface area contributed by atoms with E-state index in [4.69, 9.17) is 23.7 Å². The highest BCUT2D eigenvalue weighted by Crippen LogP contribution is 2.37. The molecule has 0 aliphatic carbocycles. The SMILES string of the molecule is N#CC[C@]1(O)O[C@H](COCc2ccccc2)[C@@H](OCc2ccccc2)[C@H](OCc2ccccc2)[C@H]1OCc1ccccc1. The Morgan fingerprint density at radius 1 is 0.605 bits per heavy atom. The third kappa shape index (κ3) is 8.59. The van der Waals surface area contributed by atoms with Crippen LogP contribution in [-0.2, 0) is 50.1 Å². The van der Waals surface area contributed by atoms with Crippen molar-refractivity contribution in [2.45, 2.75) is 63.1 Å². The van der Waals surface area contributed by atoms with Crippen molar-refractivity contribution in [1.82, 2.24) is 0 Å². The number of nitrogens with zero attached hydrogens (tertiary/aromatic N) is 1. The van der Waals surface area contributed by atoms with Gasteiger partial charge in [0, 0.05) is 0 Å². The highest BCUT2D eigenvalue weighted by molar-refractivity contribution is 5.17. The molecule has 7 heteroatoms. The fourth-order valence-corrected chi connectivity index (χ4v) is 5.19. The molecule has 1 aliphatic rings. The van der Waals surface area contributed by atoms with Gasteiger partial charge in [-0.2, -0.15) is 5.26 Å². The first-order valence-electron chi connectivity index (χ1n) is 14.5. The summed E-state index contributed by atoms with van der Waals surface area (Å²) in [6, 6.07) is 41.2. The van der Waals surface area contributed by atoms with Crippen LogP contribution < -0.4 is 0 Å². The number of aliphatic hydroxyl groups is 1. The van der Waals surface area contributed by atoms with Gasteiger partial charge in [-0.3, -0.25) is 0 Å². The predicted octanol–water partition coefficient (Wildman–Crippen LogP) is 5.96. The highest BCUT2D eigenvalue weighted by atomic mass is 16.7. The Bertz CT molecular complexity index is 1400. The van der Waals surface area contributed by atoms with E-state index in [0.717, 1.165) is 22.3 Å². The predicted molar refractivity (Wildman–Crippen MR) is 161 cm³/mol. The summed E-state index contributed by atoms with van der Waals surface area (Å²) in [5.41, 5.74) is 3.86. The number of rotatable bonds is 14. The lowest BCUT2D eigenvalue weighted by atomic mass is 9.90. The molecule has 43 heavy (non-hydrogen) atoms. The normalized spacial score (nSPS) is 23.4. The van der Waals surface area contributed by atoms with E-state index < -0.39 is 30.2 Å². The van der Waals surface area contributed by atoms with Crippen LogP contribution in [0.15, 0.2) is 121 Å².